The maximum absolute atomic E-state index is 13.0. The van der Waals surface area contributed by atoms with Crippen molar-refractivity contribution in [1.29, 1.82) is 0 Å². The number of carbonyl (C=O) groups is 2. The van der Waals surface area contributed by atoms with E-state index in [2.05, 4.69) is 43.4 Å². The number of amides is 3. The molecule has 0 saturated carbocycles. The third kappa shape index (κ3) is 6.05. The molecule has 1 unspecified atom stereocenters. The number of fused-ring (bicyclic) bond motifs is 2. The molecule has 2 aliphatic heterocycles. The van der Waals surface area contributed by atoms with Gasteiger partial charge in [0, 0.05) is 54.2 Å². The van der Waals surface area contributed by atoms with Crippen molar-refractivity contribution in [1.82, 2.24) is 14.8 Å². The number of hydrogen-bond donors (Lipinski definition) is 1. The van der Waals surface area contributed by atoms with Crippen molar-refractivity contribution in [2.75, 3.05) is 26.2 Å². The minimum Gasteiger partial charge on any atom is -0.351 e. The summed E-state index contributed by atoms with van der Waals surface area (Å²) >= 11 is 10.2. The van der Waals surface area contributed by atoms with E-state index in [1.807, 2.05) is 17.2 Å². The highest BCUT2D eigenvalue weighted by Gasteiger charge is 2.29. The Hall–Kier alpha value is -1.95. The number of pyridine rings is 1. The fraction of sp³-hybridized carbons (Fsp3) is 0.464. The molecule has 0 spiro atoms. The lowest BCUT2D eigenvalue weighted by atomic mass is 9.87. The Bertz CT molecular complexity index is 1230. The summed E-state index contributed by atoms with van der Waals surface area (Å²) in [7, 11) is 2.76. The topological polar surface area (TPSA) is 79.5 Å². The molecule has 1 aliphatic carbocycles. The molecule has 3 aliphatic rings. The number of piperidine rings is 2. The Labute approximate surface area is 234 Å². The average Bonchev–Trinajstić information content (AvgIpc) is 3.01. The molecule has 2 atom stereocenters. The molecule has 0 radical (unpaired) electrons. The minimum atomic E-state index is -0.363. The van der Waals surface area contributed by atoms with Crippen LogP contribution in [0.25, 0.3) is 0 Å². The summed E-state index contributed by atoms with van der Waals surface area (Å²) in [5, 5.41) is 1.84. The highest BCUT2D eigenvalue weighted by molar-refractivity contribution is 9.10. The maximum atomic E-state index is 13.0. The molecule has 2 aromatic rings. The minimum absolute atomic E-state index is 0.0532. The standard InChI is InChI=1S/C28H33BrClN4O2P/c29-24-15-21(30)13-19-1-2-20-14-22(37)16-32-27(20)23(26(19)24)11-17-3-7-33(8-4-17)25(35)12-18-5-9-34(10-6-18)28(31)36/h11,13-16,18,23H,1-10,12,37H2,(H2,31,36)/t23-/m1/s1. The van der Waals surface area contributed by atoms with Gasteiger partial charge in [0.15, 0.2) is 0 Å². The number of hydrogen-bond acceptors (Lipinski definition) is 3. The van der Waals surface area contributed by atoms with Crippen LogP contribution < -0.4 is 11.0 Å². The normalized spacial score (nSPS) is 20.2. The van der Waals surface area contributed by atoms with Gasteiger partial charge in [-0.15, -0.1) is 9.24 Å². The fourth-order valence-corrected chi connectivity index (χ4v) is 7.36. The first-order chi connectivity index (χ1) is 17.8. The molecule has 2 N–H and O–H groups in total. The zero-order valence-electron chi connectivity index (χ0n) is 20.9. The molecular formula is C28H33BrClN4O2P. The molecule has 5 rings (SSSR count). The average molecular weight is 604 g/mol. The van der Waals surface area contributed by atoms with E-state index in [-0.39, 0.29) is 17.9 Å². The van der Waals surface area contributed by atoms with E-state index < -0.39 is 0 Å². The van der Waals surface area contributed by atoms with E-state index in [4.69, 9.17) is 22.3 Å². The number of aryl methyl sites for hydroxylation is 2. The molecule has 2 saturated heterocycles. The molecule has 196 valence electrons. The Morgan fingerprint density at radius 3 is 2.46 bits per heavy atom. The third-order valence-corrected chi connectivity index (χ3v) is 9.21. The van der Waals surface area contributed by atoms with Gasteiger partial charge in [-0.1, -0.05) is 39.2 Å². The molecule has 37 heavy (non-hydrogen) atoms. The molecule has 9 heteroatoms. The zero-order chi connectivity index (χ0) is 26.1. The molecule has 6 nitrogen and oxygen atoms in total. The second-order valence-electron chi connectivity index (χ2n) is 10.4. The third-order valence-electron chi connectivity index (χ3n) is 8.02. The van der Waals surface area contributed by atoms with Crippen LogP contribution in [0.5, 0.6) is 0 Å². The molecule has 3 heterocycles. The number of nitrogens with two attached hydrogens (primary N) is 1. The Kier molecular flexibility index (Phi) is 8.23. The summed E-state index contributed by atoms with van der Waals surface area (Å²) in [5.74, 6) is 0.613. The fourth-order valence-electron chi connectivity index (χ4n) is 5.96. The number of primary amides is 1. The van der Waals surface area contributed by atoms with Crippen molar-refractivity contribution in [3.05, 3.63) is 67.9 Å². The van der Waals surface area contributed by atoms with Crippen LogP contribution in [0.15, 0.2) is 40.5 Å². The van der Waals surface area contributed by atoms with Gasteiger partial charge < -0.3 is 15.5 Å². The quantitative estimate of drug-likeness (QED) is 0.398. The first-order valence-electron chi connectivity index (χ1n) is 13.0. The number of likely N-dealkylation sites (tertiary alicyclic amines) is 2. The largest absolute Gasteiger partial charge is 0.351 e. The molecular weight excluding hydrogens is 571 g/mol. The molecule has 1 aromatic heterocycles. The zero-order valence-corrected chi connectivity index (χ0v) is 24.4. The Morgan fingerprint density at radius 2 is 1.76 bits per heavy atom. The summed E-state index contributed by atoms with van der Waals surface area (Å²) in [5.41, 5.74) is 11.7. The van der Waals surface area contributed by atoms with Gasteiger partial charge in [-0.3, -0.25) is 9.78 Å². The van der Waals surface area contributed by atoms with Gasteiger partial charge in [0.25, 0.3) is 0 Å². The summed E-state index contributed by atoms with van der Waals surface area (Å²) in [4.78, 5) is 33.0. The van der Waals surface area contributed by atoms with Gasteiger partial charge >= 0.3 is 6.03 Å². The number of aromatic nitrogens is 1. The van der Waals surface area contributed by atoms with Crippen LogP contribution in [-0.2, 0) is 17.6 Å². The molecule has 3 amide bonds. The van der Waals surface area contributed by atoms with Crippen LogP contribution in [0.2, 0.25) is 5.02 Å². The first kappa shape index (κ1) is 26.6. The van der Waals surface area contributed by atoms with Crippen molar-refractivity contribution in [2.45, 2.75) is 50.9 Å². The molecule has 2 fully saturated rings. The van der Waals surface area contributed by atoms with E-state index in [0.29, 0.717) is 25.4 Å². The van der Waals surface area contributed by atoms with Crippen LogP contribution in [0.1, 0.15) is 60.4 Å². The Morgan fingerprint density at radius 1 is 1.05 bits per heavy atom. The number of urea groups is 1. The van der Waals surface area contributed by atoms with E-state index in [1.54, 1.807) is 4.90 Å². The summed E-state index contributed by atoms with van der Waals surface area (Å²) < 4.78 is 1.02. The predicted molar refractivity (Wildman–Crippen MR) is 154 cm³/mol. The Balaban J connectivity index is 1.30. The summed E-state index contributed by atoms with van der Waals surface area (Å²) in [6.07, 6.45) is 10.2. The van der Waals surface area contributed by atoms with Crippen LogP contribution in [0.4, 0.5) is 4.79 Å². The number of rotatable bonds is 3. The van der Waals surface area contributed by atoms with Crippen LogP contribution in [-0.4, -0.2) is 52.9 Å². The highest BCUT2D eigenvalue weighted by Crippen LogP contribution is 2.41. The van der Waals surface area contributed by atoms with Crippen molar-refractivity contribution in [3.8, 4) is 0 Å². The lowest BCUT2D eigenvalue weighted by molar-refractivity contribution is -0.132. The van der Waals surface area contributed by atoms with E-state index in [1.165, 1.54) is 22.3 Å². The number of halogens is 2. The molecule has 1 aromatic carbocycles. The SMILES string of the molecule is NC(=O)N1CCC(CC(=O)N2CCC(=C[C@H]3c4ncc(P)cc4CCc4cc(Cl)cc(Br)c43)CC2)CC1. The van der Waals surface area contributed by atoms with Gasteiger partial charge in [-0.2, -0.15) is 0 Å². The number of benzene rings is 1. The second-order valence-corrected chi connectivity index (χ2v) is 12.4. The van der Waals surface area contributed by atoms with E-state index >= 15 is 0 Å². The summed E-state index contributed by atoms with van der Waals surface area (Å²) in [6, 6.07) is 5.94. The lowest BCUT2D eigenvalue weighted by Gasteiger charge is -2.33. The van der Waals surface area contributed by atoms with Gasteiger partial charge in [0.05, 0.1) is 5.69 Å². The van der Waals surface area contributed by atoms with E-state index in [9.17, 15) is 9.59 Å². The number of allylic oxidation sites excluding steroid dienone is 1. The van der Waals surface area contributed by atoms with Crippen molar-refractivity contribution in [2.24, 2.45) is 11.7 Å². The van der Waals surface area contributed by atoms with Gasteiger partial charge in [0.2, 0.25) is 5.91 Å². The summed E-state index contributed by atoms with van der Waals surface area (Å²) in [6.45, 7) is 2.79. The number of nitrogens with zero attached hydrogens (tertiary/aromatic N) is 3. The lowest BCUT2D eigenvalue weighted by Crippen LogP contribution is -2.43. The predicted octanol–water partition coefficient (Wildman–Crippen LogP) is 4.96. The monoisotopic (exact) mass is 602 g/mol. The first-order valence-corrected chi connectivity index (χ1v) is 14.8. The van der Waals surface area contributed by atoms with Gasteiger partial charge in [-0.05, 0) is 84.6 Å². The maximum Gasteiger partial charge on any atom is 0.314 e. The van der Waals surface area contributed by atoms with E-state index in [0.717, 1.165) is 72.1 Å². The van der Waals surface area contributed by atoms with Gasteiger partial charge in [0.1, 0.15) is 0 Å². The van der Waals surface area contributed by atoms with Crippen molar-refractivity contribution in [3.63, 3.8) is 0 Å². The van der Waals surface area contributed by atoms with Crippen LogP contribution in [0, 0.1) is 5.92 Å². The van der Waals surface area contributed by atoms with Crippen molar-refractivity contribution < 1.29 is 9.59 Å². The highest BCUT2D eigenvalue weighted by atomic mass is 79.9. The number of carbonyl (C=O) groups excluding carboxylic acids is 2. The van der Waals surface area contributed by atoms with Crippen LogP contribution >= 0.6 is 36.8 Å². The van der Waals surface area contributed by atoms with Crippen molar-refractivity contribution >= 4 is 54.0 Å². The smallest absolute Gasteiger partial charge is 0.314 e. The van der Waals surface area contributed by atoms with Crippen LogP contribution in [0.3, 0.4) is 0 Å². The second kappa shape index (κ2) is 11.4. The van der Waals surface area contributed by atoms with Gasteiger partial charge in [-0.25, -0.2) is 4.79 Å². The molecule has 0 bridgehead atoms.